The fraction of sp³-hybridized carbons (Fsp3) is 0.429. The third kappa shape index (κ3) is 1.78. The zero-order chi connectivity index (χ0) is 12.7. The van der Waals surface area contributed by atoms with Crippen LogP contribution in [0, 0.1) is 6.92 Å². The molecule has 2 aliphatic rings. The molecule has 2 saturated heterocycles. The molecule has 2 amide bonds. The minimum absolute atomic E-state index is 0.0407. The number of fused-ring (bicyclic) bond motifs is 1. The molecular formula is C14H16N2O2. The average molecular weight is 244 g/mol. The summed E-state index contributed by atoms with van der Waals surface area (Å²) >= 11 is 0. The van der Waals surface area contributed by atoms with Crippen molar-refractivity contribution in [1.82, 2.24) is 10.2 Å². The van der Waals surface area contributed by atoms with Crippen molar-refractivity contribution in [1.29, 1.82) is 0 Å². The second-order valence-electron chi connectivity index (χ2n) is 5.10. The quantitative estimate of drug-likeness (QED) is 0.804. The maximum absolute atomic E-state index is 12.4. The minimum atomic E-state index is 0.0407. The van der Waals surface area contributed by atoms with Crippen molar-refractivity contribution in [3.8, 4) is 0 Å². The Hall–Kier alpha value is -1.84. The molecule has 3 rings (SSSR count). The van der Waals surface area contributed by atoms with Crippen LogP contribution in [0.25, 0.3) is 0 Å². The van der Waals surface area contributed by atoms with Gasteiger partial charge in [0.2, 0.25) is 5.91 Å². The number of nitrogens with one attached hydrogen (secondary N) is 1. The number of carbonyl (C=O) groups is 2. The summed E-state index contributed by atoms with van der Waals surface area (Å²) in [7, 11) is 0. The van der Waals surface area contributed by atoms with E-state index in [0.717, 1.165) is 18.5 Å². The van der Waals surface area contributed by atoms with Gasteiger partial charge in [0.25, 0.3) is 5.91 Å². The fourth-order valence-electron chi connectivity index (χ4n) is 2.84. The van der Waals surface area contributed by atoms with Crippen LogP contribution in [-0.2, 0) is 4.79 Å². The maximum Gasteiger partial charge on any atom is 0.254 e. The Labute approximate surface area is 106 Å². The predicted octanol–water partition coefficient (Wildman–Crippen LogP) is 1.10. The Kier molecular flexibility index (Phi) is 2.58. The van der Waals surface area contributed by atoms with Crippen LogP contribution >= 0.6 is 0 Å². The molecule has 0 radical (unpaired) electrons. The van der Waals surface area contributed by atoms with Gasteiger partial charge in [-0.1, -0.05) is 17.7 Å². The van der Waals surface area contributed by atoms with Crippen LogP contribution in [-0.4, -0.2) is 35.3 Å². The van der Waals surface area contributed by atoms with Gasteiger partial charge in [0.05, 0.1) is 12.1 Å². The lowest BCUT2D eigenvalue weighted by Gasteiger charge is -2.22. The lowest BCUT2D eigenvalue weighted by atomic mass is 10.1. The van der Waals surface area contributed by atoms with Crippen molar-refractivity contribution < 1.29 is 9.59 Å². The van der Waals surface area contributed by atoms with Gasteiger partial charge in [0, 0.05) is 18.5 Å². The summed E-state index contributed by atoms with van der Waals surface area (Å²) in [5.41, 5.74) is 1.85. The number of carbonyl (C=O) groups excluding carboxylic acids is 2. The molecule has 0 saturated carbocycles. The molecule has 4 heteroatoms. The molecule has 2 heterocycles. The Balaban J connectivity index is 1.81. The Morgan fingerprint density at radius 3 is 2.78 bits per heavy atom. The number of aryl methyl sites for hydroxylation is 1. The van der Waals surface area contributed by atoms with E-state index in [-0.39, 0.29) is 23.9 Å². The number of amides is 2. The van der Waals surface area contributed by atoms with E-state index in [1.165, 1.54) is 0 Å². The summed E-state index contributed by atoms with van der Waals surface area (Å²) in [6.45, 7) is 2.74. The molecular weight excluding hydrogens is 228 g/mol. The molecule has 2 aliphatic heterocycles. The largest absolute Gasteiger partial charge is 0.351 e. The van der Waals surface area contributed by atoms with Crippen LogP contribution in [0.5, 0.6) is 0 Å². The highest BCUT2D eigenvalue weighted by atomic mass is 16.2. The van der Waals surface area contributed by atoms with E-state index in [0.29, 0.717) is 12.0 Å². The smallest absolute Gasteiger partial charge is 0.254 e. The van der Waals surface area contributed by atoms with E-state index in [4.69, 9.17) is 0 Å². The van der Waals surface area contributed by atoms with Crippen LogP contribution < -0.4 is 5.32 Å². The Morgan fingerprint density at radius 2 is 2.06 bits per heavy atom. The lowest BCUT2D eigenvalue weighted by Crippen LogP contribution is -2.38. The van der Waals surface area contributed by atoms with Crippen molar-refractivity contribution in [3.63, 3.8) is 0 Å². The standard InChI is InChI=1S/C14H16N2O2/c1-9-2-4-10(5-3-9)14(18)16-7-6-11-12(16)8-13(17)15-11/h2-5,11-12H,6-8H2,1H3,(H,15,17)/t11-,12-/m0/s1. The average Bonchev–Trinajstić information content (AvgIpc) is 2.88. The van der Waals surface area contributed by atoms with Gasteiger partial charge >= 0.3 is 0 Å². The number of nitrogens with zero attached hydrogens (tertiary/aromatic N) is 1. The SMILES string of the molecule is Cc1ccc(C(=O)N2CC[C@@H]3NC(=O)C[C@@H]32)cc1. The van der Waals surface area contributed by atoms with Crippen molar-refractivity contribution in [2.75, 3.05) is 6.54 Å². The van der Waals surface area contributed by atoms with Crippen LogP contribution in [0.4, 0.5) is 0 Å². The number of hydrogen-bond acceptors (Lipinski definition) is 2. The second kappa shape index (κ2) is 4.12. The second-order valence-corrected chi connectivity index (χ2v) is 5.10. The summed E-state index contributed by atoms with van der Waals surface area (Å²) in [6, 6.07) is 7.81. The molecule has 4 nitrogen and oxygen atoms in total. The molecule has 18 heavy (non-hydrogen) atoms. The van der Waals surface area contributed by atoms with E-state index < -0.39 is 0 Å². The summed E-state index contributed by atoms with van der Waals surface area (Å²) in [5.74, 6) is 0.102. The highest BCUT2D eigenvalue weighted by Gasteiger charge is 2.43. The molecule has 1 aromatic rings. The highest BCUT2D eigenvalue weighted by Crippen LogP contribution is 2.27. The van der Waals surface area contributed by atoms with E-state index in [2.05, 4.69) is 5.32 Å². The van der Waals surface area contributed by atoms with Gasteiger partial charge in [0.15, 0.2) is 0 Å². The number of rotatable bonds is 1. The van der Waals surface area contributed by atoms with E-state index in [9.17, 15) is 9.59 Å². The van der Waals surface area contributed by atoms with Crippen molar-refractivity contribution >= 4 is 11.8 Å². The number of hydrogen-bond donors (Lipinski definition) is 1. The molecule has 0 aromatic heterocycles. The zero-order valence-corrected chi connectivity index (χ0v) is 10.3. The molecule has 0 unspecified atom stereocenters. The van der Waals surface area contributed by atoms with Gasteiger partial charge < -0.3 is 10.2 Å². The molecule has 1 N–H and O–H groups in total. The molecule has 94 valence electrons. The van der Waals surface area contributed by atoms with E-state index in [1.807, 2.05) is 36.1 Å². The van der Waals surface area contributed by atoms with Crippen molar-refractivity contribution in [2.24, 2.45) is 0 Å². The number of benzene rings is 1. The molecule has 0 bridgehead atoms. The normalized spacial score (nSPS) is 26.1. The Bertz CT molecular complexity index is 495. The van der Waals surface area contributed by atoms with Crippen LogP contribution in [0.3, 0.4) is 0 Å². The minimum Gasteiger partial charge on any atom is -0.351 e. The first-order valence-electron chi connectivity index (χ1n) is 6.32. The Morgan fingerprint density at radius 1 is 1.33 bits per heavy atom. The molecule has 2 fully saturated rings. The highest BCUT2D eigenvalue weighted by molar-refractivity contribution is 5.95. The summed E-state index contributed by atoms with van der Waals surface area (Å²) in [4.78, 5) is 25.6. The van der Waals surface area contributed by atoms with Gasteiger partial charge in [-0.25, -0.2) is 0 Å². The fourth-order valence-corrected chi connectivity index (χ4v) is 2.84. The van der Waals surface area contributed by atoms with E-state index >= 15 is 0 Å². The summed E-state index contributed by atoms with van der Waals surface area (Å²) in [6.07, 6.45) is 1.32. The maximum atomic E-state index is 12.4. The lowest BCUT2D eigenvalue weighted by molar-refractivity contribution is -0.119. The van der Waals surface area contributed by atoms with Crippen LogP contribution in [0.1, 0.15) is 28.8 Å². The summed E-state index contributed by atoms with van der Waals surface area (Å²) < 4.78 is 0. The van der Waals surface area contributed by atoms with Crippen molar-refractivity contribution in [3.05, 3.63) is 35.4 Å². The van der Waals surface area contributed by atoms with Gasteiger partial charge in [-0.3, -0.25) is 9.59 Å². The first-order chi connectivity index (χ1) is 8.65. The monoisotopic (exact) mass is 244 g/mol. The third-order valence-corrected chi connectivity index (χ3v) is 3.85. The zero-order valence-electron chi connectivity index (χ0n) is 10.3. The predicted molar refractivity (Wildman–Crippen MR) is 67.2 cm³/mol. The molecule has 0 spiro atoms. The van der Waals surface area contributed by atoms with Crippen molar-refractivity contribution in [2.45, 2.75) is 31.8 Å². The summed E-state index contributed by atoms with van der Waals surface area (Å²) in [5, 5.41) is 2.93. The topological polar surface area (TPSA) is 49.4 Å². The van der Waals surface area contributed by atoms with E-state index in [1.54, 1.807) is 0 Å². The van der Waals surface area contributed by atoms with Crippen LogP contribution in [0.2, 0.25) is 0 Å². The first-order valence-corrected chi connectivity index (χ1v) is 6.32. The molecule has 0 aliphatic carbocycles. The van der Waals surface area contributed by atoms with Gasteiger partial charge in [-0.2, -0.15) is 0 Å². The third-order valence-electron chi connectivity index (χ3n) is 3.85. The number of likely N-dealkylation sites (tertiary alicyclic amines) is 1. The van der Waals surface area contributed by atoms with Crippen LogP contribution in [0.15, 0.2) is 24.3 Å². The molecule has 2 atom stereocenters. The first kappa shape index (κ1) is 11.3. The van der Waals surface area contributed by atoms with Gasteiger partial charge in [-0.15, -0.1) is 0 Å². The van der Waals surface area contributed by atoms with Gasteiger partial charge in [0.1, 0.15) is 0 Å². The molecule has 1 aromatic carbocycles. The van der Waals surface area contributed by atoms with Gasteiger partial charge in [-0.05, 0) is 25.5 Å².